The number of allylic oxidation sites excluding steroid dienone is 2. The van der Waals surface area contributed by atoms with Gasteiger partial charge in [-0.2, -0.15) is 0 Å². The third-order valence-corrected chi connectivity index (χ3v) is 10.2. The monoisotopic (exact) mass is 854 g/mol. The van der Waals surface area contributed by atoms with Crippen LogP contribution in [0.1, 0.15) is 99.1 Å². The van der Waals surface area contributed by atoms with Crippen LogP contribution in [0.4, 0.5) is 0 Å². The Morgan fingerprint density at radius 1 is 0.878 bits per heavy atom. The van der Waals surface area contributed by atoms with E-state index >= 15 is 0 Å². The van der Waals surface area contributed by atoms with Gasteiger partial charge in [0.15, 0.2) is 5.78 Å². The van der Waals surface area contributed by atoms with Crippen molar-refractivity contribution in [1.82, 2.24) is 9.97 Å². The van der Waals surface area contributed by atoms with Gasteiger partial charge in [-0.05, 0) is 78.0 Å². The van der Waals surface area contributed by atoms with Crippen LogP contribution in [0.3, 0.4) is 0 Å². The number of aromatic nitrogens is 2. The van der Waals surface area contributed by atoms with E-state index in [2.05, 4.69) is 111 Å². The average Bonchev–Trinajstić information content (AvgIpc) is 3.46. The molecule has 3 aromatic carbocycles. The summed E-state index contributed by atoms with van der Waals surface area (Å²) in [6.45, 7) is 19.4. The minimum absolute atomic E-state index is 0. The Hall–Kier alpha value is -3.18. The molecule has 4 nitrogen and oxygen atoms in total. The minimum Gasteiger partial charge on any atom is -0.512 e. The third-order valence-electron chi connectivity index (χ3n) is 9.19. The molecule has 0 aliphatic heterocycles. The molecular formula is C43H53IrN2O2S-. The molecule has 263 valence electrons. The number of rotatable bonds is 11. The van der Waals surface area contributed by atoms with Crippen molar-refractivity contribution in [2.75, 3.05) is 0 Å². The van der Waals surface area contributed by atoms with Gasteiger partial charge in [-0.1, -0.05) is 97.5 Å². The van der Waals surface area contributed by atoms with Gasteiger partial charge in [0.25, 0.3) is 0 Å². The van der Waals surface area contributed by atoms with Crippen molar-refractivity contribution in [2.24, 2.45) is 17.8 Å². The first kappa shape index (κ1) is 40.3. The van der Waals surface area contributed by atoms with Crippen LogP contribution in [0.25, 0.3) is 43.4 Å². The maximum absolute atomic E-state index is 11.7. The number of carbonyl (C=O) groups is 1. The molecule has 0 fully saturated rings. The minimum atomic E-state index is 0. The number of benzene rings is 3. The van der Waals surface area contributed by atoms with Crippen LogP contribution in [0.15, 0.2) is 78.1 Å². The molecule has 0 saturated carbocycles. The Balaban J connectivity index is 0.000000347. The average molecular weight is 854 g/mol. The standard InChI is InChI=1S/C30H29N2S.C13H24O2.Ir/c1-19(2)12-23-17-33-29-11-10-21(14-25(23)29)27-16-28(32-18-31-27)22-13-20-8-6-7-9-24(20)26(15-22)30(3,4)5;1-5-10(6-2)12(14)9-13(15)11(7-3)8-4;/h6-11,14-19H,12H2,1-5H3;9-11,14H,5-8H2,1-4H3;/q-1;;/b;12-9-;. The zero-order chi connectivity index (χ0) is 35.0. The van der Waals surface area contributed by atoms with E-state index in [1.54, 1.807) is 6.33 Å². The Bertz CT molecular complexity index is 1860. The first-order valence-corrected chi connectivity index (χ1v) is 18.5. The van der Waals surface area contributed by atoms with Crippen molar-refractivity contribution in [3.63, 3.8) is 0 Å². The summed E-state index contributed by atoms with van der Waals surface area (Å²) >= 11 is 1.83. The second-order valence-electron chi connectivity index (χ2n) is 14.2. The molecule has 0 spiro atoms. The number of ketones is 1. The summed E-state index contributed by atoms with van der Waals surface area (Å²) in [6, 6.07) is 23.1. The second kappa shape index (κ2) is 18.2. The number of fused-ring (bicyclic) bond motifs is 2. The van der Waals surface area contributed by atoms with Crippen molar-refractivity contribution in [2.45, 2.75) is 99.8 Å². The number of thiophene rings is 1. The van der Waals surface area contributed by atoms with Crippen LogP contribution < -0.4 is 0 Å². The summed E-state index contributed by atoms with van der Waals surface area (Å²) in [7, 11) is 0. The third kappa shape index (κ3) is 10.2. The van der Waals surface area contributed by atoms with Crippen LogP contribution in [-0.4, -0.2) is 20.9 Å². The topological polar surface area (TPSA) is 63.1 Å². The first-order chi connectivity index (χ1) is 22.9. The van der Waals surface area contributed by atoms with Crippen LogP contribution in [0.5, 0.6) is 0 Å². The van der Waals surface area contributed by atoms with E-state index < -0.39 is 0 Å². The van der Waals surface area contributed by atoms with E-state index in [1.165, 1.54) is 32.7 Å². The number of hydrogen-bond acceptors (Lipinski definition) is 5. The molecule has 0 saturated heterocycles. The molecule has 0 atom stereocenters. The van der Waals surface area contributed by atoms with Crippen LogP contribution >= 0.6 is 11.3 Å². The van der Waals surface area contributed by atoms with E-state index in [1.807, 2.05) is 39.0 Å². The molecule has 0 bridgehead atoms. The maximum atomic E-state index is 11.7. The predicted molar refractivity (Wildman–Crippen MR) is 206 cm³/mol. The van der Waals surface area contributed by atoms with Crippen molar-refractivity contribution in [1.29, 1.82) is 0 Å². The molecular weight excluding hydrogens is 801 g/mol. The van der Waals surface area contributed by atoms with Crippen molar-refractivity contribution >= 4 is 38.0 Å². The number of aliphatic hydroxyl groups is 1. The van der Waals surface area contributed by atoms with Crippen molar-refractivity contribution in [3.8, 4) is 22.5 Å². The van der Waals surface area contributed by atoms with Gasteiger partial charge in [0.1, 0.15) is 6.33 Å². The van der Waals surface area contributed by atoms with Gasteiger partial charge in [0, 0.05) is 54.0 Å². The van der Waals surface area contributed by atoms with Crippen LogP contribution in [0.2, 0.25) is 0 Å². The summed E-state index contributed by atoms with van der Waals surface area (Å²) in [5.41, 5.74) is 6.76. The van der Waals surface area contributed by atoms with E-state index in [9.17, 15) is 9.90 Å². The van der Waals surface area contributed by atoms with E-state index in [0.29, 0.717) is 5.92 Å². The molecule has 5 aromatic rings. The fraction of sp³-hybridized carbons (Fsp3) is 0.419. The van der Waals surface area contributed by atoms with Crippen molar-refractivity contribution in [3.05, 3.63) is 95.3 Å². The molecule has 1 radical (unpaired) electrons. The number of nitrogens with zero attached hydrogens (tertiary/aromatic N) is 2. The largest absolute Gasteiger partial charge is 0.512 e. The first-order valence-electron chi connectivity index (χ1n) is 17.6. The predicted octanol–water partition coefficient (Wildman–Crippen LogP) is 12.3. The maximum Gasteiger partial charge on any atom is 0.162 e. The van der Waals surface area contributed by atoms with Gasteiger partial charge in [-0.25, -0.2) is 4.98 Å². The zero-order valence-corrected chi connectivity index (χ0v) is 33.9. The summed E-state index contributed by atoms with van der Waals surface area (Å²) in [5.74, 6) is 1.18. The number of carbonyl (C=O) groups excluding carboxylic acids is 1. The smallest absolute Gasteiger partial charge is 0.162 e. The number of hydrogen-bond donors (Lipinski definition) is 1. The Morgan fingerprint density at radius 3 is 2.16 bits per heavy atom. The van der Waals surface area contributed by atoms with Gasteiger partial charge in [-0.3, -0.25) is 9.78 Å². The van der Waals surface area contributed by atoms with E-state index in [0.717, 1.165) is 60.0 Å². The summed E-state index contributed by atoms with van der Waals surface area (Å²) < 4.78 is 1.33. The van der Waals surface area contributed by atoms with Crippen LogP contribution in [0, 0.1) is 23.8 Å². The van der Waals surface area contributed by atoms with E-state index in [-0.39, 0.29) is 48.9 Å². The second-order valence-corrected chi connectivity index (χ2v) is 15.2. The normalized spacial score (nSPS) is 12.0. The van der Waals surface area contributed by atoms with Gasteiger partial charge >= 0.3 is 0 Å². The van der Waals surface area contributed by atoms with Crippen LogP contribution in [-0.2, 0) is 36.7 Å². The van der Waals surface area contributed by atoms with Gasteiger partial charge < -0.3 is 5.11 Å². The summed E-state index contributed by atoms with van der Waals surface area (Å²) in [5, 5.41) is 15.8. The quantitative estimate of drug-likeness (QED) is 0.0817. The molecule has 0 aliphatic rings. The number of aliphatic hydroxyl groups excluding tert-OH is 1. The molecule has 1 N–H and O–H groups in total. The molecule has 2 aromatic heterocycles. The zero-order valence-electron chi connectivity index (χ0n) is 30.7. The fourth-order valence-electron chi connectivity index (χ4n) is 6.27. The SMILES string of the molecule is CC(C)Cc1csc2ccc(-c3cc(-c4[c-]c5ccccc5c(C(C)(C)C)c4)ncn3)cc12.CCC(CC)C(=O)/C=C(\O)C(CC)CC.[Ir]. The van der Waals surface area contributed by atoms with E-state index in [4.69, 9.17) is 0 Å². The van der Waals surface area contributed by atoms with Gasteiger partial charge in [0.05, 0.1) is 11.5 Å². The molecule has 6 heteroatoms. The molecule has 0 unspecified atom stereocenters. The summed E-state index contributed by atoms with van der Waals surface area (Å²) in [4.78, 5) is 21.0. The summed E-state index contributed by atoms with van der Waals surface area (Å²) in [6.07, 6.45) is 7.68. The molecule has 49 heavy (non-hydrogen) atoms. The Morgan fingerprint density at radius 2 is 1.53 bits per heavy atom. The molecule has 0 amide bonds. The van der Waals surface area contributed by atoms with Gasteiger partial charge in [-0.15, -0.1) is 40.5 Å². The molecule has 5 rings (SSSR count). The molecule has 2 heterocycles. The molecule has 0 aliphatic carbocycles. The Kier molecular flexibility index (Phi) is 14.9. The fourth-order valence-corrected chi connectivity index (χ4v) is 7.23. The van der Waals surface area contributed by atoms with Gasteiger partial charge in [0.2, 0.25) is 0 Å². The van der Waals surface area contributed by atoms with Crippen molar-refractivity contribution < 1.29 is 30.0 Å². The Labute approximate surface area is 311 Å².